The van der Waals surface area contributed by atoms with Crippen LogP contribution in [0.4, 0.5) is 0 Å². The second-order valence-corrected chi connectivity index (χ2v) is 4.84. The number of rotatable bonds is 2. The molecule has 0 spiro atoms. The van der Waals surface area contributed by atoms with Gasteiger partial charge in [0, 0.05) is 0 Å². The van der Waals surface area contributed by atoms with Crippen LogP contribution in [0, 0.1) is 0 Å². The predicted molar refractivity (Wildman–Crippen MR) is 74.1 cm³/mol. The van der Waals surface area contributed by atoms with E-state index in [9.17, 15) is 5.11 Å². The molecule has 0 fully saturated rings. The molecule has 1 aliphatic carbocycles. The Kier molecular flexibility index (Phi) is 2.77. The van der Waals surface area contributed by atoms with Crippen molar-refractivity contribution in [2.75, 3.05) is 0 Å². The Morgan fingerprint density at radius 3 is 2.39 bits per heavy atom. The lowest BCUT2D eigenvalue weighted by atomic mass is 9.95. The molecular formula is C17H16O. The third-order valence-electron chi connectivity index (χ3n) is 3.61. The zero-order valence-corrected chi connectivity index (χ0v) is 10.4. The zero-order valence-electron chi connectivity index (χ0n) is 10.4. The van der Waals surface area contributed by atoms with Crippen LogP contribution in [-0.4, -0.2) is 5.11 Å². The van der Waals surface area contributed by atoms with Crippen LogP contribution in [0.2, 0.25) is 0 Å². The first-order chi connectivity index (χ1) is 8.77. The number of aliphatic hydroxyl groups excluding tert-OH is 1. The summed E-state index contributed by atoms with van der Waals surface area (Å²) < 4.78 is 0. The first kappa shape index (κ1) is 11.2. The summed E-state index contributed by atoms with van der Waals surface area (Å²) in [7, 11) is 0. The number of allylic oxidation sites excluding steroid dienone is 1. The Morgan fingerprint density at radius 1 is 0.944 bits per heavy atom. The molecule has 0 amide bonds. The largest absolute Gasteiger partial charge is 0.384 e. The highest BCUT2D eigenvalue weighted by Crippen LogP contribution is 2.40. The van der Waals surface area contributed by atoms with Crippen LogP contribution in [0.15, 0.2) is 60.2 Å². The molecule has 0 aliphatic heterocycles. The van der Waals surface area contributed by atoms with E-state index in [0.29, 0.717) is 0 Å². The molecule has 2 aromatic carbocycles. The van der Waals surface area contributed by atoms with Gasteiger partial charge in [-0.3, -0.25) is 0 Å². The molecule has 0 aromatic heterocycles. The minimum absolute atomic E-state index is 0.519. The molecule has 1 nitrogen and oxygen atoms in total. The monoisotopic (exact) mass is 236 g/mol. The smallest absolute Gasteiger partial charge is 0.105 e. The van der Waals surface area contributed by atoms with E-state index in [1.807, 2.05) is 36.4 Å². The van der Waals surface area contributed by atoms with Crippen LogP contribution in [0.25, 0.3) is 5.57 Å². The molecule has 1 aliphatic rings. The Morgan fingerprint density at radius 2 is 1.61 bits per heavy atom. The fourth-order valence-electron chi connectivity index (χ4n) is 2.73. The van der Waals surface area contributed by atoms with E-state index in [2.05, 4.69) is 25.1 Å². The second-order valence-electron chi connectivity index (χ2n) is 4.84. The summed E-state index contributed by atoms with van der Waals surface area (Å²) in [6.07, 6.45) is 0.435. The third-order valence-corrected chi connectivity index (χ3v) is 3.61. The van der Waals surface area contributed by atoms with Crippen molar-refractivity contribution in [2.45, 2.75) is 19.4 Å². The van der Waals surface area contributed by atoms with Crippen molar-refractivity contribution < 1.29 is 5.11 Å². The van der Waals surface area contributed by atoms with Gasteiger partial charge < -0.3 is 5.11 Å². The summed E-state index contributed by atoms with van der Waals surface area (Å²) in [5, 5.41) is 10.6. The van der Waals surface area contributed by atoms with Gasteiger partial charge in [0.1, 0.15) is 6.10 Å². The van der Waals surface area contributed by atoms with Crippen molar-refractivity contribution in [1.82, 2.24) is 0 Å². The van der Waals surface area contributed by atoms with Gasteiger partial charge in [0.2, 0.25) is 0 Å². The summed E-state index contributed by atoms with van der Waals surface area (Å²) in [5.41, 5.74) is 5.83. The summed E-state index contributed by atoms with van der Waals surface area (Å²) in [5.74, 6) is 0. The van der Waals surface area contributed by atoms with Crippen LogP contribution in [0.1, 0.15) is 29.7 Å². The van der Waals surface area contributed by atoms with Crippen molar-refractivity contribution in [3.05, 3.63) is 76.9 Å². The molecule has 3 rings (SSSR count). The highest BCUT2D eigenvalue weighted by Gasteiger charge is 2.24. The van der Waals surface area contributed by atoms with Gasteiger partial charge >= 0.3 is 0 Å². The quantitative estimate of drug-likeness (QED) is 0.842. The van der Waals surface area contributed by atoms with Crippen molar-refractivity contribution in [3.63, 3.8) is 0 Å². The maximum atomic E-state index is 10.6. The molecule has 90 valence electrons. The lowest BCUT2D eigenvalue weighted by Crippen LogP contribution is -2.00. The van der Waals surface area contributed by atoms with Crippen LogP contribution in [0.5, 0.6) is 0 Å². The fraction of sp³-hybridized carbons (Fsp3) is 0.176. The van der Waals surface area contributed by atoms with E-state index >= 15 is 0 Å². The maximum Gasteiger partial charge on any atom is 0.105 e. The minimum Gasteiger partial charge on any atom is -0.384 e. The summed E-state index contributed by atoms with van der Waals surface area (Å²) in [6.45, 7) is 2.11. The predicted octanol–water partition coefficient (Wildman–Crippen LogP) is 3.75. The average Bonchev–Trinajstić information content (AvgIpc) is 2.75. The fourth-order valence-corrected chi connectivity index (χ4v) is 2.73. The summed E-state index contributed by atoms with van der Waals surface area (Å²) in [6, 6.07) is 18.2. The Balaban J connectivity index is 2.05. The number of aliphatic hydroxyl groups is 1. The van der Waals surface area contributed by atoms with Gasteiger partial charge in [-0.25, -0.2) is 0 Å². The second kappa shape index (κ2) is 4.43. The van der Waals surface area contributed by atoms with Gasteiger partial charge in [-0.2, -0.15) is 0 Å². The molecule has 0 bridgehead atoms. The number of benzene rings is 2. The lowest BCUT2D eigenvalue weighted by Gasteiger charge is -2.15. The molecule has 1 atom stereocenters. The van der Waals surface area contributed by atoms with Gasteiger partial charge in [-0.1, -0.05) is 60.2 Å². The van der Waals surface area contributed by atoms with Crippen LogP contribution < -0.4 is 0 Å². The maximum absolute atomic E-state index is 10.6. The van der Waals surface area contributed by atoms with E-state index in [-0.39, 0.29) is 0 Å². The number of fused-ring (bicyclic) bond motifs is 1. The van der Waals surface area contributed by atoms with Gasteiger partial charge in [-0.05, 0) is 35.6 Å². The highest BCUT2D eigenvalue weighted by atomic mass is 16.3. The van der Waals surface area contributed by atoms with Gasteiger partial charge in [0.05, 0.1) is 0 Å². The SMILES string of the molecule is CC1=C(C(O)c2ccccc2)c2ccccc2C1. The lowest BCUT2D eigenvalue weighted by molar-refractivity contribution is 0.238. The summed E-state index contributed by atoms with van der Waals surface area (Å²) in [4.78, 5) is 0. The highest BCUT2D eigenvalue weighted by molar-refractivity contribution is 5.79. The average molecular weight is 236 g/mol. The van der Waals surface area contributed by atoms with Crippen LogP contribution in [0.3, 0.4) is 0 Å². The zero-order chi connectivity index (χ0) is 12.5. The van der Waals surface area contributed by atoms with E-state index in [0.717, 1.165) is 17.6 Å². The summed E-state index contributed by atoms with van der Waals surface area (Å²) >= 11 is 0. The topological polar surface area (TPSA) is 20.2 Å². The molecule has 0 saturated carbocycles. The molecule has 1 heteroatoms. The van der Waals surface area contributed by atoms with Crippen LogP contribution in [-0.2, 0) is 6.42 Å². The van der Waals surface area contributed by atoms with Gasteiger partial charge in [-0.15, -0.1) is 0 Å². The van der Waals surface area contributed by atoms with E-state index in [1.54, 1.807) is 0 Å². The molecule has 0 radical (unpaired) electrons. The van der Waals surface area contributed by atoms with Crippen molar-refractivity contribution >= 4 is 5.57 Å². The van der Waals surface area contributed by atoms with Crippen LogP contribution >= 0.6 is 0 Å². The Hall–Kier alpha value is -1.86. The third kappa shape index (κ3) is 1.77. The van der Waals surface area contributed by atoms with E-state index < -0.39 is 6.10 Å². The number of hydrogen-bond acceptors (Lipinski definition) is 1. The first-order valence-electron chi connectivity index (χ1n) is 6.28. The molecule has 1 N–H and O–H groups in total. The minimum atomic E-state index is -0.519. The standard InChI is InChI=1S/C17H16O/c1-12-11-14-9-5-6-10-15(14)16(12)17(18)13-7-3-2-4-8-13/h2-10,17-18H,11H2,1H3. The Labute approximate surface area is 107 Å². The number of hydrogen-bond donors (Lipinski definition) is 1. The van der Waals surface area contributed by atoms with E-state index in [4.69, 9.17) is 0 Å². The van der Waals surface area contributed by atoms with Gasteiger partial charge in [0.25, 0.3) is 0 Å². The molecular weight excluding hydrogens is 220 g/mol. The van der Waals surface area contributed by atoms with E-state index in [1.165, 1.54) is 16.7 Å². The molecule has 1 unspecified atom stereocenters. The normalized spacial score (nSPS) is 15.7. The molecule has 18 heavy (non-hydrogen) atoms. The van der Waals surface area contributed by atoms with Crippen molar-refractivity contribution in [1.29, 1.82) is 0 Å². The molecule has 0 heterocycles. The molecule has 2 aromatic rings. The first-order valence-corrected chi connectivity index (χ1v) is 6.28. The molecule has 0 saturated heterocycles. The Bertz CT molecular complexity index is 596. The van der Waals surface area contributed by atoms with Gasteiger partial charge in [0.15, 0.2) is 0 Å². The van der Waals surface area contributed by atoms with Crippen molar-refractivity contribution in [2.24, 2.45) is 0 Å². The van der Waals surface area contributed by atoms with Crippen molar-refractivity contribution in [3.8, 4) is 0 Å².